The summed E-state index contributed by atoms with van der Waals surface area (Å²) in [7, 11) is 0. The highest BCUT2D eigenvalue weighted by Crippen LogP contribution is 2.21. The maximum atomic E-state index is 5.16. The maximum Gasteiger partial charge on any atom is 0.284 e. The number of thioether (sulfide) groups is 1. The fourth-order valence-corrected chi connectivity index (χ4v) is 1.99. The van der Waals surface area contributed by atoms with Crippen molar-refractivity contribution in [3.8, 4) is 0 Å². The van der Waals surface area contributed by atoms with Crippen LogP contribution in [0.3, 0.4) is 0 Å². The number of nitrogens with one attached hydrogen (secondary N) is 1. The average Bonchev–Trinajstić information content (AvgIpc) is 2.64. The molecule has 0 aliphatic carbocycles. The van der Waals surface area contributed by atoms with Crippen LogP contribution in [-0.2, 0) is 5.75 Å². The van der Waals surface area contributed by atoms with Gasteiger partial charge in [0.1, 0.15) is 0 Å². The van der Waals surface area contributed by atoms with Crippen LogP contribution in [0.1, 0.15) is 11.5 Å². The highest BCUT2D eigenvalue weighted by Gasteiger charge is 2.00. The summed E-state index contributed by atoms with van der Waals surface area (Å²) in [6.45, 7) is 2.07. The smallest absolute Gasteiger partial charge is 0.284 e. The Morgan fingerprint density at radius 1 is 1.40 bits per heavy atom. The lowest BCUT2D eigenvalue weighted by Crippen LogP contribution is -1.80. The standard InChI is InChI=1S/C10H10N2OS2/c1-7-2-4-8(5-3-7)15-6-9-11-12-10(14)13-9/h2-5H,6H2,1H3,(H,12,14). The van der Waals surface area contributed by atoms with E-state index in [9.17, 15) is 0 Å². The molecule has 15 heavy (non-hydrogen) atoms. The summed E-state index contributed by atoms with van der Waals surface area (Å²) in [4.78, 5) is 1.53. The fraction of sp³-hybridized carbons (Fsp3) is 0.200. The Kier molecular flexibility index (Phi) is 3.23. The molecule has 1 N–H and O–H groups in total. The van der Waals surface area contributed by atoms with E-state index in [0.29, 0.717) is 16.5 Å². The van der Waals surface area contributed by atoms with Gasteiger partial charge in [-0.05, 0) is 31.3 Å². The molecule has 1 heterocycles. The normalized spacial score (nSPS) is 10.5. The van der Waals surface area contributed by atoms with Crippen molar-refractivity contribution in [1.29, 1.82) is 0 Å². The highest BCUT2D eigenvalue weighted by atomic mass is 32.2. The minimum atomic E-state index is 0.328. The predicted molar refractivity (Wildman–Crippen MR) is 62.4 cm³/mol. The van der Waals surface area contributed by atoms with Crippen LogP contribution in [0.5, 0.6) is 0 Å². The van der Waals surface area contributed by atoms with E-state index < -0.39 is 0 Å². The minimum absolute atomic E-state index is 0.328. The molecule has 1 aromatic heterocycles. The van der Waals surface area contributed by atoms with Crippen LogP contribution < -0.4 is 0 Å². The van der Waals surface area contributed by atoms with Crippen molar-refractivity contribution in [1.82, 2.24) is 10.2 Å². The number of H-pyrrole nitrogens is 1. The number of rotatable bonds is 3. The van der Waals surface area contributed by atoms with Gasteiger partial charge in [0.2, 0.25) is 5.89 Å². The second-order valence-corrected chi connectivity index (χ2v) is 4.53. The largest absolute Gasteiger partial charge is 0.413 e. The van der Waals surface area contributed by atoms with Crippen LogP contribution >= 0.6 is 24.0 Å². The number of aromatic amines is 1. The zero-order valence-corrected chi connectivity index (χ0v) is 9.82. The minimum Gasteiger partial charge on any atom is -0.413 e. The molecule has 0 aliphatic heterocycles. The van der Waals surface area contributed by atoms with Crippen LogP contribution in [0.25, 0.3) is 0 Å². The number of aromatic nitrogens is 2. The molecule has 0 bridgehead atoms. The van der Waals surface area contributed by atoms with Gasteiger partial charge >= 0.3 is 0 Å². The second-order valence-electron chi connectivity index (χ2n) is 3.11. The molecule has 0 fully saturated rings. The lowest BCUT2D eigenvalue weighted by atomic mass is 10.2. The fourth-order valence-electron chi connectivity index (χ4n) is 1.10. The molecule has 0 aliphatic rings. The van der Waals surface area contributed by atoms with Crippen molar-refractivity contribution < 1.29 is 4.42 Å². The molecule has 0 spiro atoms. The molecule has 0 saturated carbocycles. The first-order chi connectivity index (χ1) is 7.24. The molecule has 2 rings (SSSR count). The van der Waals surface area contributed by atoms with Crippen LogP contribution in [0.4, 0.5) is 0 Å². The van der Waals surface area contributed by atoms with Crippen molar-refractivity contribution in [3.63, 3.8) is 0 Å². The zero-order valence-electron chi connectivity index (χ0n) is 8.19. The first-order valence-electron chi connectivity index (χ1n) is 4.48. The van der Waals surface area contributed by atoms with Gasteiger partial charge in [-0.15, -0.1) is 16.9 Å². The van der Waals surface area contributed by atoms with E-state index in [1.165, 1.54) is 10.5 Å². The van der Waals surface area contributed by atoms with Crippen molar-refractivity contribution in [3.05, 3.63) is 40.6 Å². The SMILES string of the molecule is Cc1ccc(SCc2n[nH]c(=S)o2)cc1. The van der Waals surface area contributed by atoms with Crippen molar-refractivity contribution in [2.24, 2.45) is 0 Å². The molecule has 2 aromatic rings. The summed E-state index contributed by atoms with van der Waals surface area (Å²) in [5.41, 5.74) is 1.26. The Morgan fingerprint density at radius 3 is 2.73 bits per heavy atom. The topological polar surface area (TPSA) is 41.8 Å². The number of hydrogen-bond acceptors (Lipinski definition) is 4. The third kappa shape index (κ3) is 2.94. The van der Waals surface area contributed by atoms with E-state index in [-0.39, 0.29) is 0 Å². The third-order valence-electron chi connectivity index (χ3n) is 1.87. The molecule has 0 unspecified atom stereocenters. The van der Waals surface area contributed by atoms with E-state index in [1.54, 1.807) is 11.8 Å². The van der Waals surface area contributed by atoms with E-state index in [0.717, 1.165) is 0 Å². The van der Waals surface area contributed by atoms with Gasteiger partial charge in [0.25, 0.3) is 4.84 Å². The second kappa shape index (κ2) is 4.63. The van der Waals surface area contributed by atoms with Gasteiger partial charge in [0, 0.05) is 4.90 Å². The molecule has 0 saturated heterocycles. The monoisotopic (exact) mass is 238 g/mol. The summed E-state index contributed by atoms with van der Waals surface area (Å²) in [5.74, 6) is 1.32. The first kappa shape index (κ1) is 10.4. The van der Waals surface area contributed by atoms with Gasteiger partial charge in [0.15, 0.2) is 0 Å². The van der Waals surface area contributed by atoms with Gasteiger partial charge < -0.3 is 4.42 Å². The van der Waals surface area contributed by atoms with E-state index in [1.807, 2.05) is 0 Å². The Bertz CT molecular complexity index is 487. The summed E-state index contributed by atoms with van der Waals surface area (Å²) in [6, 6.07) is 8.34. The Hall–Kier alpha value is -1.07. The molecular weight excluding hydrogens is 228 g/mol. The molecule has 0 amide bonds. The number of benzene rings is 1. The van der Waals surface area contributed by atoms with Crippen LogP contribution in [-0.4, -0.2) is 10.2 Å². The molecule has 78 valence electrons. The quantitative estimate of drug-likeness (QED) is 0.658. The maximum absolute atomic E-state index is 5.16. The van der Waals surface area contributed by atoms with Crippen LogP contribution in [0, 0.1) is 11.8 Å². The summed E-state index contributed by atoms with van der Waals surface area (Å²) in [6.07, 6.45) is 0. The number of aryl methyl sites for hydroxylation is 1. The highest BCUT2D eigenvalue weighted by molar-refractivity contribution is 7.98. The molecule has 5 heteroatoms. The van der Waals surface area contributed by atoms with Crippen LogP contribution in [0.15, 0.2) is 33.6 Å². The van der Waals surface area contributed by atoms with Gasteiger partial charge in [-0.1, -0.05) is 17.7 Å². The van der Waals surface area contributed by atoms with Crippen molar-refractivity contribution in [2.45, 2.75) is 17.6 Å². The average molecular weight is 238 g/mol. The van der Waals surface area contributed by atoms with Gasteiger partial charge in [-0.2, -0.15) is 0 Å². The Labute approximate surface area is 96.9 Å². The molecule has 0 radical (unpaired) electrons. The number of nitrogens with zero attached hydrogens (tertiary/aromatic N) is 1. The van der Waals surface area contributed by atoms with E-state index >= 15 is 0 Å². The van der Waals surface area contributed by atoms with Gasteiger partial charge in [-0.25, -0.2) is 5.10 Å². The lowest BCUT2D eigenvalue weighted by molar-refractivity contribution is 0.500. The Balaban J connectivity index is 1.99. The molecular formula is C10H10N2OS2. The van der Waals surface area contributed by atoms with Gasteiger partial charge in [0.05, 0.1) is 5.75 Å². The van der Waals surface area contributed by atoms with Crippen molar-refractivity contribution in [2.75, 3.05) is 0 Å². The molecule has 1 aromatic carbocycles. The van der Waals surface area contributed by atoms with E-state index in [4.69, 9.17) is 16.6 Å². The van der Waals surface area contributed by atoms with Crippen molar-refractivity contribution >= 4 is 24.0 Å². The third-order valence-corrected chi connectivity index (χ3v) is 3.04. The van der Waals surface area contributed by atoms with Crippen LogP contribution in [0.2, 0.25) is 0 Å². The van der Waals surface area contributed by atoms with E-state index in [2.05, 4.69) is 41.4 Å². The lowest BCUT2D eigenvalue weighted by Gasteiger charge is -1.98. The first-order valence-corrected chi connectivity index (χ1v) is 5.87. The summed E-state index contributed by atoms with van der Waals surface area (Å²) >= 11 is 6.46. The number of hydrogen-bond donors (Lipinski definition) is 1. The summed E-state index contributed by atoms with van der Waals surface area (Å²) < 4.78 is 5.16. The predicted octanol–water partition coefficient (Wildman–Crippen LogP) is 3.33. The molecule has 0 atom stereocenters. The van der Waals surface area contributed by atoms with Gasteiger partial charge in [-0.3, -0.25) is 0 Å². The Morgan fingerprint density at radius 2 is 2.13 bits per heavy atom. The summed E-state index contributed by atoms with van der Waals surface area (Å²) in [5, 5.41) is 6.53. The molecule has 3 nitrogen and oxygen atoms in total. The zero-order chi connectivity index (χ0) is 10.7.